The van der Waals surface area contributed by atoms with Crippen molar-refractivity contribution in [1.29, 1.82) is 0 Å². The van der Waals surface area contributed by atoms with Crippen molar-refractivity contribution in [1.82, 2.24) is 9.47 Å². The molecule has 0 spiro atoms. The lowest BCUT2D eigenvalue weighted by atomic mass is 9.99. The number of hydrogen-bond acceptors (Lipinski definition) is 11. The normalized spacial score (nSPS) is 13.0. The van der Waals surface area contributed by atoms with Crippen molar-refractivity contribution in [3.05, 3.63) is 97.7 Å². The number of nitrogen functional groups attached to an aromatic ring is 1. The second kappa shape index (κ2) is 12.5. The molecule has 1 amide bonds. The number of nitrogens with zero attached hydrogens (tertiary/aromatic N) is 3. The average Bonchev–Trinajstić information content (AvgIpc) is 3.33. The molecule has 15 heteroatoms. The summed E-state index contributed by atoms with van der Waals surface area (Å²) in [6.07, 6.45) is 2.01. The fourth-order valence-electron chi connectivity index (χ4n) is 5.31. The van der Waals surface area contributed by atoms with Crippen molar-refractivity contribution in [2.24, 2.45) is 0 Å². The number of halogens is 2. The first-order valence-electron chi connectivity index (χ1n) is 14.0. The Kier molecular flexibility index (Phi) is 8.70. The van der Waals surface area contributed by atoms with Crippen molar-refractivity contribution in [2.75, 3.05) is 37.4 Å². The van der Waals surface area contributed by atoms with Crippen LogP contribution in [0.5, 0.6) is 0 Å². The third kappa shape index (κ3) is 5.72. The maximum atomic E-state index is 15.8. The molecule has 1 aliphatic rings. The van der Waals surface area contributed by atoms with Crippen molar-refractivity contribution in [3.8, 4) is 5.69 Å². The number of aliphatic hydroxyl groups excluding tert-OH is 1. The predicted octanol–water partition coefficient (Wildman–Crippen LogP) is 3.31. The highest BCUT2D eigenvalue weighted by molar-refractivity contribution is 5.97. The van der Waals surface area contributed by atoms with Crippen LogP contribution in [0.1, 0.15) is 33.0 Å². The number of ether oxygens (including phenoxy) is 2. The standard InChI is InChI=1S/C31H30F2N4O9/c1-5-6-43-30(41)35(4)18-10-36(11-18)27-15(2)26-19(8-22(27)33)28(39)20(29(40)44-14-25-16(3)45-31(42)46-25)12-37(26)24-9-23(34)21(32)7-17(24)13-38/h5,7-9,12,18,38H,1,6,10-11,13-14,34H2,2-4H3. The second-order valence-electron chi connectivity index (χ2n) is 10.7. The maximum Gasteiger partial charge on any atom is 0.519 e. The Hall–Kier alpha value is -5.44. The Morgan fingerprint density at radius 1 is 1.15 bits per heavy atom. The van der Waals surface area contributed by atoms with Crippen LogP contribution in [0.3, 0.4) is 0 Å². The van der Waals surface area contributed by atoms with Gasteiger partial charge < -0.3 is 43.5 Å². The number of anilines is 2. The van der Waals surface area contributed by atoms with E-state index in [2.05, 4.69) is 6.58 Å². The minimum absolute atomic E-state index is 0.0359. The first-order valence-corrected chi connectivity index (χ1v) is 14.0. The monoisotopic (exact) mass is 640 g/mol. The van der Waals surface area contributed by atoms with Gasteiger partial charge in [-0.3, -0.25) is 4.79 Å². The summed E-state index contributed by atoms with van der Waals surface area (Å²) in [5, 5.41) is 9.87. The van der Waals surface area contributed by atoms with Gasteiger partial charge >= 0.3 is 17.9 Å². The number of aromatic nitrogens is 1. The summed E-state index contributed by atoms with van der Waals surface area (Å²) in [4.78, 5) is 53.6. The summed E-state index contributed by atoms with van der Waals surface area (Å²) in [7, 11) is 1.56. The largest absolute Gasteiger partial charge is 0.519 e. The number of pyridine rings is 1. The van der Waals surface area contributed by atoms with Crippen LogP contribution in [0.2, 0.25) is 0 Å². The zero-order valence-electron chi connectivity index (χ0n) is 25.1. The molecule has 2 aromatic carbocycles. The lowest BCUT2D eigenvalue weighted by Gasteiger charge is -2.45. The highest BCUT2D eigenvalue weighted by Gasteiger charge is 2.36. The molecule has 4 aromatic rings. The molecule has 0 atom stereocenters. The van der Waals surface area contributed by atoms with Gasteiger partial charge in [0.05, 0.1) is 40.6 Å². The van der Waals surface area contributed by atoms with E-state index in [1.165, 1.54) is 28.5 Å². The molecule has 2 aromatic heterocycles. The van der Waals surface area contributed by atoms with Crippen LogP contribution in [-0.2, 0) is 22.7 Å². The molecule has 13 nitrogen and oxygen atoms in total. The number of carbonyl (C=O) groups is 2. The number of hydrogen-bond donors (Lipinski definition) is 2. The van der Waals surface area contributed by atoms with E-state index in [0.717, 1.165) is 18.3 Å². The fourth-order valence-corrected chi connectivity index (χ4v) is 5.31. The fraction of sp³-hybridized carbons (Fsp3) is 0.290. The lowest BCUT2D eigenvalue weighted by molar-refractivity contribution is 0.0441. The Labute approximate surface area is 259 Å². The van der Waals surface area contributed by atoms with Crippen LogP contribution < -0.4 is 21.9 Å². The van der Waals surface area contributed by atoms with E-state index < -0.39 is 53.7 Å². The van der Waals surface area contributed by atoms with Crippen molar-refractivity contribution < 1.29 is 41.8 Å². The van der Waals surface area contributed by atoms with Gasteiger partial charge in [0, 0.05) is 37.5 Å². The summed E-state index contributed by atoms with van der Waals surface area (Å²) in [5.41, 5.74) is 4.91. The molecule has 1 aliphatic heterocycles. The molecular formula is C31H30F2N4O9. The minimum atomic E-state index is -1.14. The van der Waals surface area contributed by atoms with Gasteiger partial charge in [-0.15, -0.1) is 0 Å². The van der Waals surface area contributed by atoms with Crippen molar-refractivity contribution >= 4 is 34.3 Å². The van der Waals surface area contributed by atoms with Crippen LogP contribution in [0, 0.1) is 25.5 Å². The summed E-state index contributed by atoms with van der Waals surface area (Å²) >= 11 is 0. The number of carbonyl (C=O) groups excluding carboxylic acids is 2. The van der Waals surface area contributed by atoms with Gasteiger partial charge in [-0.25, -0.2) is 23.2 Å². The molecule has 46 heavy (non-hydrogen) atoms. The average molecular weight is 641 g/mol. The summed E-state index contributed by atoms with van der Waals surface area (Å²) in [6, 6.07) is 2.91. The van der Waals surface area contributed by atoms with Crippen LogP contribution in [0.25, 0.3) is 16.6 Å². The summed E-state index contributed by atoms with van der Waals surface area (Å²) in [6.45, 7) is 5.83. The number of nitrogens with two attached hydrogens (primary N) is 1. The predicted molar refractivity (Wildman–Crippen MR) is 161 cm³/mol. The second-order valence-corrected chi connectivity index (χ2v) is 10.7. The number of esters is 1. The van der Waals surface area contributed by atoms with E-state index in [1.807, 2.05) is 0 Å². The third-order valence-corrected chi connectivity index (χ3v) is 7.81. The highest BCUT2D eigenvalue weighted by atomic mass is 19.1. The topological polar surface area (TPSA) is 171 Å². The molecule has 1 fully saturated rings. The molecule has 3 heterocycles. The van der Waals surface area contributed by atoms with Crippen molar-refractivity contribution in [2.45, 2.75) is 33.1 Å². The van der Waals surface area contributed by atoms with Gasteiger partial charge in [0.15, 0.2) is 18.1 Å². The molecule has 0 radical (unpaired) electrons. The maximum absolute atomic E-state index is 15.8. The van der Waals surface area contributed by atoms with E-state index in [4.69, 9.17) is 24.0 Å². The van der Waals surface area contributed by atoms with E-state index in [9.17, 15) is 28.7 Å². The molecule has 3 N–H and O–H groups in total. The van der Waals surface area contributed by atoms with E-state index in [0.29, 0.717) is 0 Å². The van der Waals surface area contributed by atoms with Gasteiger partial charge in [0.25, 0.3) is 0 Å². The highest BCUT2D eigenvalue weighted by Crippen LogP contribution is 2.36. The van der Waals surface area contributed by atoms with Gasteiger partial charge in [0.1, 0.15) is 23.8 Å². The number of fused-ring (bicyclic) bond motifs is 1. The number of rotatable bonds is 9. The van der Waals surface area contributed by atoms with Gasteiger partial charge in [0.2, 0.25) is 5.43 Å². The van der Waals surface area contributed by atoms with Crippen LogP contribution in [0.4, 0.5) is 25.0 Å². The molecule has 0 saturated carbocycles. The minimum Gasteiger partial charge on any atom is -0.454 e. The van der Waals surface area contributed by atoms with Crippen LogP contribution >= 0.6 is 0 Å². The smallest absolute Gasteiger partial charge is 0.454 e. The molecule has 0 aliphatic carbocycles. The number of amides is 1. The molecule has 242 valence electrons. The molecular weight excluding hydrogens is 610 g/mol. The molecule has 5 rings (SSSR count). The van der Waals surface area contributed by atoms with Gasteiger partial charge in [-0.1, -0.05) is 12.7 Å². The van der Waals surface area contributed by atoms with Gasteiger partial charge in [-0.2, -0.15) is 0 Å². The molecule has 0 bridgehead atoms. The lowest BCUT2D eigenvalue weighted by Crippen LogP contribution is -2.60. The Balaban J connectivity index is 1.62. The zero-order chi connectivity index (χ0) is 33.4. The zero-order valence-corrected chi connectivity index (χ0v) is 25.1. The van der Waals surface area contributed by atoms with Gasteiger partial charge in [-0.05, 0) is 32.0 Å². The Morgan fingerprint density at radius 2 is 1.87 bits per heavy atom. The number of likely N-dealkylation sites (N-methyl/N-ethyl adjacent to an activating group) is 1. The van der Waals surface area contributed by atoms with Crippen molar-refractivity contribution in [3.63, 3.8) is 0 Å². The Morgan fingerprint density at radius 3 is 2.50 bits per heavy atom. The third-order valence-electron chi connectivity index (χ3n) is 7.81. The Bertz CT molecular complexity index is 1990. The quantitative estimate of drug-likeness (QED) is 0.156. The molecule has 1 saturated heterocycles. The van der Waals surface area contributed by atoms with E-state index >= 15 is 4.39 Å². The van der Waals surface area contributed by atoms with Crippen LogP contribution in [0.15, 0.2) is 55.5 Å². The SMILES string of the molecule is C=CCOC(=O)N(C)C1CN(c2c(F)cc3c(=O)c(C(=O)OCc4oc(=O)oc4C)cn(-c4cc(N)c(F)cc4CO)c3c2C)C1. The molecule has 0 unspecified atom stereocenters. The number of benzene rings is 2. The van der Waals surface area contributed by atoms with E-state index in [1.54, 1.807) is 18.9 Å². The van der Waals surface area contributed by atoms with E-state index in [-0.39, 0.29) is 76.4 Å². The summed E-state index contributed by atoms with van der Waals surface area (Å²) in [5.74, 6) is -3.72. The van der Waals surface area contributed by atoms with Crippen LogP contribution in [-0.4, -0.2) is 59.4 Å². The first kappa shape index (κ1) is 32.0. The number of aliphatic hydroxyl groups is 1. The first-order chi connectivity index (χ1) is 21.9. The summed E-state index contributed by atoms with van der Waals surface area (Å²) < 4.78 is 51.5. The number of aryl methyl sites for hydroxylation is 2.